The van der Waals surface area contributed by atoms with Crippen LogP contribution in [0.15, 0.2) is 36.4 Å². The molecule has 3 N–H and O–H groups in total. The fourth-order valence-corrected chi connectivity index (χ4v) is 2.96. The molecule has 1 unspecified atom stereocenters. The van der Waals surface area contributed by atoms with Crippen LogP contribution in [-0.4, -0.2) is 29.8 Å². The monoisotopic (exact) mass is 370 g/mol. The number of hydrogen-bond donors (Lipinski definition) is 3. The van der Waals surface area contributed by atoms with E-state index in [9.17, 15) is 8.78 Å². The van der Waals surface area contributed by atoms with Gasteiger partial charge in [0.05, 0.1) is 16.9 Å². The van der Waals surface area contributed by atoms with Gasteiger partial charge in [-0.15, -0.1) is 0 Å². The molecule has 142 valence electrons. The topological polar surface area (TPSA) is 52.7 Å². The number of benzene rings is 2. The summed E-state index contributed by atoms with van der Waals surface area (Å²) in [5, 5.41) is 14.4. The van der Waals surface area contributed by atoms with E-state index < -0.39 is 0 Å². The molecule has 6 heteroatoms. The molecule has 0 aliphatic heterocycles. The molecule has 2 aromatic carbocycles. The summed E-state index contributed by atoms with van der Waals surface area (Å²) in [5.41, 5.74) is 2.64. The number of aromatic nitrogens is 2. The summed E-state index contributed by atoms with van der Waals surface area (Å²) >= 11 is 0. The molecule has 0 spiro atoms. The number of fused-ring (bicyclic) bond motifs is 1. The van der Waals surface area contributed by atoms with Gasteiger partial charge >= 0.3 is 0 Å². The molecule has 0 bridgehead atoms. The fourth-order valence-electron chi connectivity index (χ4n) is 2.96. The predicted molar refractivity (Wildman–Crippen MR) is 108 cm³/mol. The molecule has 4 nitrogen and oxygen atoms in total. The third-order valence-electron chi connectivity index (χ3n) is 4.67. The van der Waals surface area contributed by atoms with Gasteiger partial charge in [0.1, 0.15) is 11.6 Å². The molecule has 0 aliphatic carbocycles. The van der Waals surface area contributed by atoms with Crippen molar-refractivity contribution >= 4 is 28.7 Å². The standard InChI is InChI=1S/C21H24F2N4/c1-13(2)21(24-3)12-25-20-10-16-18(26-27-19(16)11-17(20)23)9-6-14-4-7-15(22)8-5-14/h4-11,13,21,24-25H,12H2,1-3H3,(H,26,27)/b9-6+. The minimum Gasteiger partial charge on any atom is -0.381 e. The molecule has 0 aliphatic rings. The van der Waals surface area contributed by atoms with Crippen LogP contribution in [0, 0.1) is 17.6 Å². The molecule has 0 saturated carbocycles. The quantitative estimate of drug-likeness (QED) is 0.567. The second kappa shape index (κ2) is 8.31. The number of nitrogens with zero attached hydrogens (tertiary/aromatic N) is 1. The first-order valence-corrected chi connectivity index (χ1v) is 9.00. The van der Waals surface area contributed by atoms with Gasteiger partial charge in [-0.3, -0.25) is 5.10 Å². The van der Waals surface area contributed by atoms with E-state index in [1.807, 2.05) is 19.2 Å². The van der Waals surface area contributed by atoms with E-state index in [0.717, 1.165) is 10.9 Å². The average Bonchev–Trinajstić information content (AvgIpc) is 3.03. The molecule has 1 aromatic heterocycles. The molecule has 3 aromatic rings. The normalized spacial score (nSPS) is 13.0. The molecule has 27 heavy (non-hydrogen) atoms. The van der Waals surface area contributed by atoms with Crippen LogP contribution in [-0.2, 0) is 0 Å². The Morgan fingerprint density at radius 2 is 1.85 bits per heavy atom. The Hall–Kier alpha value is -2.73. The van der Waals surface area contributed by atoms with Gasteiger partial charge in [0.15, 0.2) is 0 Å². The number of nitrogens with one attached hydrogen (secondary N) is 3. The van der Waals surface area contributed by atoms with Gasteiger partial charge in [0, 0.05) is 24.0 Å². The van der Waals surface area contributed by atoms with Crippen molar-refractivity contribution in [1.29, 1.82) is 0 Å². The van der Waals surface area contributed by atoms with Crippen LogP contribution < -0.4 is 10.6 Å². The Labute approximate surface area is 157 Å². The number of likely N-dealkylation sites (N-methyl/N-ethyl adjacent to an activating group) is 1. The van der Waals surface area contributed by atoms with Gasteiger partial charge in [-0.25, -0.2) is 8.78 Å². The zero-order chi connectivity index (χ0) is 19.4. The van der Waals surface area contributed by atoms with Gasteiger partial charge in [-0.2, -0.15) is 5.10 Å². The van der Waals surface area contributed by atoms with Crippen LogP contribution in [0.25, 0.3) is 23.1 Å². The highest BCUT2D eigenvalue weighted by molar-refractivity contribution is 5.91. The lowest BCUT2D eigenvalue weighted by molar-refractivity contribution is 0.443. The third kappa shape index (κ3) is 4.52. The predicted octanol–water partition coefficient (Wildman–Crippen LogP) is 4.67. The highest BCUT2D eigenvalue weighted by atomic mass is 19.1. The van der Waals surface area contributed by atoms with Crippen molar-refractivity contribution in [3.63, 3.8) is 0 Å². The zero-order valence-corrected chi connectivity index (χ0v) is 15.7. The maximum Gasteiger partial charge on any atom is 0.148 e. The first kappa shape index (κ1) is 19.0. The van der Waals surface area contributed by atoms with Gasteiger partial charge in [-0.1, -0.05) is 32.1 Å². The molecule has 3 rings (SSSR count). The Bertz CT molecular complexity index is 929. The van der Waals surface area contributed by atoms with Crippen LogP contribution in [0.1, 0.15) is 25.1 Å². The van der Waals surface area contributed by atoms with Crippen molar-refractivity contribution in [3.05, 3.63) is 59.3 Å². The van der Waals surface area contributed by atoms with E-state index in [0.29, 0.717) is 29.4 Å². The summed E-state index contributed by atoms with van der Waals surface area (Å²) in [4.78, 5) is 0. The molecular weight excluding hydrogens is 346 g/mol. The minimum absolute atomic E-state index is 0.238. The summed E-state index contributed by atoms with van der Waals surface area (Å²) in [7, 11) is 1.90. The van der Waals surface area contributed by atoms with Crippen LogP contribution in [0.3, 0.4) is 0 Å². The van der Waals surface area contributed by atoms with Crippen molar-refractivity contribution in [1.82, 2.24) is 15.5 Å². The van der Waals surface area contributed by atoms with Crippen LogP contribution in [0.2, 0.25) is 0 Å². The van der Waals surface area contributed by atoms with E-state index >= 15 is 0 Å². The number of H-pyrrole nitrogens is 1. The maximum absolute atomic E-state index is 14.4. The lowest BCUT2D eigenvalue weighted by Gasteiger charge is -2.21. The lowest BCUT2D eigenvalue weighted by atomic mass is 10.0. The van der Waals surface area contributed by atoms with Crippen molar-refractivity contribution in [2.75, 3.05) is 18.9 Å². The summed E-state index contributed by atoms with van der Waals surface area (Å²) in [6.45, 7) is 4.86. The second-order valence-electron chi connectivity index (χ2n) is 6.89. The van der Waals surface area contributed by atoms with Crippen LogP contribution >= 0.6 is 0 Å². The van der Waals surface area contributed by atoms with Gasteiger partial charge in [-0.05, 0) is 42.8 Å². The zero-order valence-electron chi connectivity index (χ0n) is 15.7. The molecule has 1 atom stereocenters. The largest absolute Gasteiger partial charge is 0.381 e. The average molecular weight is 370 g/mol. The fraction of sp³-hybridized carbons (Fsp3) is 0.286. The highest BCUT2D eigenvalue weighted by Crippen LogP contribution is 2.25. The molecule has 0 radical (unpaired) electrons. The smallest absolute Gasteiger partial charge is 0.148 e. The van der Waals surface area contributed by atoms with Crippen LogP contribution in [0.4, 0.5) is 14.5 Å². The second-order valence-corrected chi connectivity index (χ2v) is 6.89. The Morgan fingerprint density at radius 3 is 2.52 bits per heavy atom. The molecule has 1 heterocycles. The van der Waals surface area contributed by atoms with Crippen molar-refractivity contribution in [2.45, 2.75) is 19.9 Å². The van der Waals surface area contributed by atoms with E-state index in [-0.39, 0.29) is 17.7 Å². The maximum atomic E-state index is 14.4. The van der Waals surface area contributed by atoms with Gasteiger partial charge < -0.3 is 10.6 Å². The summed E-state index contributed by atoms with van der Waals surface area (Å²) in [6.07, 6.45) is 3.68. The van der Waals surface area contributed by atoms with Gasteiger partial charge in [0.25, 0.3) is 0 Å². The summed E-state index contributed by atoms with van der Waals surface area (Å²) in [6, 6.07) is 9.66. The molecule has 0 amide bonds. The number of aromatic amines is 1. The highest BCUT2D eigenvalue weighted by Gasteiger charge is 2.13. The van der Waals surface area contributed by atoms with E-state index in [1.165, 1.54) is 18.2 Å². The van der Waals surface area contributed by atoms with Crippen molar-refractivity contribution in [3.8, 4) is 0 Å². The minimum atomic E-state index is -0.321. The third-order valence-corrected chi connectivity index (χ3v) is 4.67. The van der Waals surface area contributed by atoms with E-state index in [4.69, 9.17) is 0 Å². The first-order valence-electron chi connectivity index (χ1n) is 9.00. The number of halogens is 2. The number of hydrogen-bond acceptors (Lipinski definition) is 3. The number of rotatable bonds is 7. The lowest BCUT2D eigenvalue weighted by Crippen LogP contribution is -2.37. The Morgan fingerprint density at radius 1 is 1.11 bits per heavy atom. The van der Waals surface area contributed by atoms with E-state index in [1.54, 1.807) is 18.2 Å². The Balaban J connectivity index is 1.84. The van der Waals surface area contributed by atoms with Crippen LogP contribution in [0.5, 0.6) is 0 Å². The Kier molecular flexibility index (Phi) is 5.86. The SMILES string of the molecule is CNC(CNc1cc2c(/C=C/c3ccc(F)cc3)n[nH]c2cc1F)C(C)C. The summed E-state index contributed by atoms with van der Waals surface area (Å²) < 4.78 is 27.4. The van der Waals surface area contributed by atoms with E-state index in [2.05, 4.69) is 34.7 Å². The van der Waals surface area contributed by atoms with Crippen molar-refractivity contribution in [2.24, 2.45) is 5.92 Å². The first-order chi connectivity index (χ1) is 13.0. The molecule has 0 saturated heterocycles. The number of anilines is 1. The molecular formula is C21H24F2N4. The molecule has 0 fully saturated rings. The van der Waals surface area contributed by atoms with Gasteiger partial charge in [0.2, 0.25) is 0 Å². The summed E-state index contributed by atoms with van der Waals surface area (Å²) in [5.74, 6) is -0.166. The van der Waals surface area contributed by atoms with Crippen molar-refractivity contribution < 1.29 is 8.78 Å².